The Hall–Kier alpha value is -6.10. The first-order valence-electron chi connectivity index (χ1n) is 26.3. The summed E-state index contributed by atoms with van der Waals surface area (Å²) in [6.07, 6.45) is 3.84. The van der Waals surface area contributed by atoms with Gasteiger partial charge in [0.2, 0.25) is 0 Å². The number of ether oxygens (including phenoxy) is 2. The molecule has 0 saturated heterocycles. The highest BCUT2D eigenvalue weighted by molar-refractivity contribution is 6.05. The molecule has 2 fully saturated rings. The minimum Gasteiger partial charge on any atom is -0.478 e. The highest BCUT2D eigenvalue weighted by atomic mass is 19.4. The molecule has 408 valence electrons. The summed E-state index contributed by atoms with van der Waals surface area (Å²) < 4.78 is 93.4. The van der Waals surface area contributed by atoms with Crippen LogP contribution in [0.2, 0.25) is 0 Å². The Morgan fingerprint density at radius 3 is 1.48 bits per heavy atom. The topological polar surface area (TPSA) is 152 Å². The third-order valence-corrected chi connectivity index (χ3v) is 14.4. The first-order valence-corrected chi connectivity index (χ1v) is 26.3. The van der Waals surface area contributed by atoms with E-state index in [0.29, 0.717) is 43.8 Å². The number of carbonyl (C=O) groups is 4. The van der Waals surface area contributed by atoms with Crippen molar-refractivity contribution in [3.63, 3.8) is 0 Å². The average molecular weight is 1050 g/mol. The van der Waals surface area contributed by atoms with Crippen molar-refractivity contribution in [1.29, 1.82) is 0 Å². The molecule has 2 heterocycles. The van der Waals surface area contributed by atoms with E-state index in [1.165, 1.54) is 61.0 Å². The van der Waals surface area contributed by atoms with Gasteiger partial charge in [0.1, 0.15) is 11.5 Å². The van der Waals surface area contributed by atoms with Crippen LogP contribution in [-0.2, 0) is 21.9 Å². The van der Waals surface area contributed by atoms with E-state index in [1.807, 2.05) is 44.2 Å². The minimum absolute atomic E-state index is 0.0297. The summed E-state index contributed by atoms with van der Waals surface area (Å²) in [6, 6.07) is 24.2. The number of aromatic carboxylic acids is 1. The maximum absolute atomic E-state index is 14.2. The summed E-state index contributed by atoms with van der Waals surface area (Å²) in [4.78, 5) is 53.3. The predicted molar refractivity (Wildman–Crippen MR) is 278 cm³/mol. The van der Waals surface area contributed by atoms with Crippen molar-refractivity contribution in [3.05, 3.63) is 118 Å². The van der Waals surface area contributed by atoms with Crippen molar-refractivity contribution in [2.75, 3.05) is 22.9 Å². The van der Waals surface area contributed by atoms with E-state index in [0.717, 1.165) is 62.6 Å². The Bertz CT molecular complexity index is 2610. The summed E-state index contributed by atoms with van der Waals surface area (Å²) in [5.74, 6) is -2.78. The van der Waals surface area contributed by atoms with Crippen LogP contribution in [0.15, 0.2) is 84.9 Å². The molecular formula is C58H72F6N4O7. The van der Waals surface area contributed by atoms with Crippen molar-refractivity contribution < 1.29 is 60.1 Å². The zero-order valence-corrected chi connectivity index (χ0v) is 43.8. The number of carboxylic acid groups (broad SMARTS) is 1. The molecular weight excluding hydrogens is 979 g/mol. The van der Waals surface area contributed by atoms with Gasteiger partial charge in [-0.3, -0.25) is 14.4 Å². The number of nitrogens with one attached hydrogen (secondary N) is 1. The lowest BCUT2D eigenvalue weighted by Crippen LogP contribution is -2.53. The van der Waals surface area contributed by atoms with Gasteiger partial charge in [0.15, 0.2) is 11.2 Å². The lowest BCUT2D eigenvalue weighted by Gasteiger charge is -2.39. The van der Waals surface area contributed by atoms with Gasteiger partial charge in [0.05, 0.1) is 33.6 Å². The molecule has 8 rings (SSSR count). The molecule has 0 bridgehead atoms. The SMILES string of the molecule is CCCCCN1C(=O)C(C)(C)Oc2cc(C(F)(F)F)c(C(=O)N[C@@H]3CCCC[C@@H]3c3ccccc3)cc21.CCCCCN1C(=O)C(C)(C)Oc2cc(C(F)(F)F)c(C(=O)O)cc21.N[C@@H]1CCCC[C@@H]1c1ccccc1. The van der Waals surface area contributed by atoms with E-state index in [9.17, 15) is 45.5 Å². The van der Waals surface area contributed by atoms with Crippen LogP contribution in [0.1, 0.15) is 186 Å². The quantitative estimate of drug-likeness (QED) is 0.0884. The van der Waals surface area contributed by atoms with Crippen LogP contribution in [0.25, 0.3) is 0 Å². The molecule has 11 nitrogen and oxygen atoms in total. The Kier molecular flexibility index (Phi) is 19.2. The van der Waals surface area contributed by atoms with E-state index >= 15 is 0 Å². The Balaban J connectivity index is 0.000000206. The fourth-order valence-electron chi connectivity index (χ4n) is 10.5. The number of hydrogen-bond donors (Lipinski definition) is 3. The molecule has 2 aliphatic heterocycles. The number of nitrogens with zero attached hydrogens (tertiary/aromatic N) is 2. The van der Waals surface area contributed by atoms with Crippen LogP contribution in [0.3, 0.4) is 0 Å². The highest BCUT2D eigenvalue weighted by Gasteiger charge is 2.46. The van der Waals surface area contributed by atoms with Crippen LogP contribution in [0, 0.1) is 0 Å². The van der Waals surface area contributed by atoms with Gasteiger partial charge in [-0.15, -0.1) is 0 Å². The van der Waals surface area contributed by atoms with Crippen molar-refractivity contribution in [2.45, 2.75) is 179 Å². The molecule has 0 unspecified atom stereocenters. The molecule has 2 saturated carbocycles. The van der Waals surface area contributed by atoms with Crippen LogP contribution in [0.4, 0.5) is 37.7 Å². The fraction of sp³-hybridized carbons (Fsp3) is 0.517. The summed E-state index contributed by atoms with van der Waals surface area (Å²) >= 11 is 0. The minimum atomic E-state index is -4.84. The molecule has 0 aromatic heterocycles. The van der Waals surface area contributed by atoms with E-state index in [1.54, 1.807) is 13.8 Å². The van der Waals surface area contributed by atoms with Crippen molar-refractivity contribution in [3.8, 4) is 11.5 Å². The van der Waals surface area contributed by atoms with Gasteiger partial charge in [-0.2, -0.15) is 26.3 Å². The number of alkyl halides is 6. The predicted octanol–water partition coefficient (Wildman–Crippen LogP) is 13.6. The maximum Gasteiger partial charge on any atom is 0.417 e. The van der Waals surface area contributed by atoms with Crippen molar-refractivity contribution in [2.24, 2.45) is 5.73 Å². The van der Waals surface area contributed by atoms with Gasteiger partial charge in [-0.1, -0.05) is 126 Å². The number of carboxylic acids is 1. The second-order valence-corrected chi connectivity index (χ2v) is 20.9. The second kappa shape index (κ2) is 24.7. The lowest BCUT2D eigenvalue weighted by atomic mass is 9.80. The number of unbranched alkanes of at least 4 members (excludes halogenated alkanes) is 4. The monoisotopic (exact) mass is 1050 g/mol. The number of anilines is 2. The Morgan fingerprint density at radius 1 is 0.627 bits per heavy atom. The highest BCUT2D eigenvalue weighted by Crippen LogP contribution is 2.46. The average Bonchev–Trinajstić information content (AvgIpc) is 3.36. The second-order valence-electron chi connectivity index (χ2n) is 20.9. The summed E-state index contributed by atoms with van der Waals surface area (Å²) in [6.45, 7) is 10.7. The molecule has 75 heavy (non-hydrogen) atoms. The molecule has 3 amide bonds. The van der Waals surface area contributed by atoms with Gasteiger partial charge >= 0.3 is 18.3 Å². The summed E-state index contributed by atoms with van der Waals surface area (Å²) in [7, 11) is 0. The molecule has 4 atom stereocenters. The molecule has 0 spiro atoms. The normalized spacial score (nSPS) is 20.9. The number of benzene rings is 4. The lowest BCUT2D eigenvalue weighted by molar-refractivity contribution is -0.139. The largest absolute Gasteiger partial charge is 0.478 e. The fourth-order valence-corrected chi connectivity index (χ4v) is 10.5. The third kappa shape index (κ3) is 14.2. The number of hydrogen-bond acceptors (Lipinski definition) is 7. The molecule has 4 aliphatic rings. The third-order valence-electron chi connectivity index (χ3n) is 14.4. The molecule has 17 heteroatoms. The maximum atomic E-state index is 14.2. The van der Waals surface area contributed by atoms with Crippen LogP contribution < -0.4 is 30.3 Å². The zero-order chi connectivity index (χ0) is 54.9. The molecule has 4 aromatic rings. The van der Waals surface area contributed by atoms with Crippen LogP contribution in [-0.4, -0.2) is 65.2 Å². The van der Waals surface area contributed by atoms with E-state index in [4.69, 9.17) is 20.3 Å². The van der Waals surface area contributed by atoms with Crippen molar-refractivity contribution >= 4 is 35.1 Å². The number of rotatable bonds is 13. The Labute approximate surface area is 436 Å². The van der Waals surface area contributed by atoms with E-state index in [2.05, 4.69) is 35.6 Å². The van der Waals surface area contributed by atoms with Gasteiger partial charge in [0, 0.05) is 31.1 Å². The number of carbonyl (C=O) groups excluding carboxylic acids is 3. The zero-order valence-electron chi connectivity index (χ0n) is 43.8. The number of nitrogens with two attached hydrogens (primary N) is 1. The van der Waals surface area contributed by atoms with Crippen LogP contribution in [0.5, 0.6) is 11.5 Å². The number of amides is 3. The van der Waals surface area contributed by atoms with Gasteiger partial charge < -0.3 is 35.4 Å². The summed E-state index contributed by atoms with van der Waals surface area (Å²) in [5.41, 5.74) is 2.50. The van der Waals surface area contributed by atoms with Gasteiger partial charge in [-0.05, 0) is 108 Å². The molecule has 4 N–H and O–H groups in total. The number of fused-ring (bicyclic) bond motifs is 2. The number of halogens is 6. The first kappa shape index (κ1) is 58.2. The summed E-state index contributed by atoms with van der Waals surface area (Å²) in [5, 5.41) is 12.1. The van der Waals surface area contributed by atoms with Crippen LogP contribution >= 0.6 is 0 Å². The smallest absolute Gasteiger partial charge is 0.417 e. The van der Waals surface area contributed by atoms with Crippen molar-refractivity contribution in [1.82, 2.24) is 5.32 Å². The Morgan fingerprint density at radius 2 is 1.04 bits per heavy atom. The van der Waals surface area contributed by atoms with Gasteiger partial charge in [-0.25, -0.2) is 4.79 Å². The standard InChI is InChI=1S/C29H35F3N2O3.C17H20F3NO4.C12H17N/c1-4-5-11-16-34-24-17-21(22(29(30,31)32)18-25(24)37-28(2,3)27(34)36)26(35)33-23-15-10-9-14-20(23)19-12-7-6-8-13-19;1-4-5-6-7-21-12-8-10(14(22)23)11(17(18,19)20)9-13(12)25-16(2,3)15(21)24;13-12-9-5-4-8-11(12)10-6-2-1-3-7-10/h6-8,12-13,17-18,20,23H,4-5,9-11,14-16H2,1-3H3,(H,33,35);8-9H,4-7H2,1-3H3,(H,22,23);1-3,6-7,11-12H,4-5,8-9,13H2/t20-,23-;;11-,12-/m1.1/s1. The van der Waals surface area contributed by atoms with Gasteiger partial charge in [0.25, 0.3) is 17.7 Å². The first-order chi connectivity index (χ1) is 35.4. The molecule has 2 aliphatic carbocycles. The molecule has 0 radical (unpaired) electrons. The van der Waals surface area contributed by atoms with E-state index < -0.39 is 63.6 Å². The van der Waals surface area contributed by atoms with E-state index in [-0.39, 0.29) is 47.3 Å². The molecule has 4 aromatic carbocycles.